The van der Waals surface area contributed by atoms with E-state index in [1.54, 1.807) is 12.1 Å². The molecule has 2 aromatic rings. The highest BCUT2D eigenvalue weighted by atomic mass is 16.7. The first-order chi connectivity index (χ1) is 11.9. The highest BCUT2D eigenvalue weighted by molar-refractivity contribution is 5.79. The Kier molecular flexibility index (Phi) is 4.93. The Bertz CT molecular complexity index is 800. The zero-order chi connectivity index (χ0) is 18.1. The van der Waals surface area contributed by atoms with E-state index in [4.69, 9.17) is 18.6 Å². The van der Waals surface area contributed by atoms with Gasteiger partial charge in [0.15, 0.2) is 0 Å². The standard InChI is InChI=1S/C16H18O9/c1-22-10-4-7-2-3-8(5-9(7)24-15(10)21)23-16-14(20)13(19)12(18)11(6-17)25-16/h2-5,11-14,16-20H,6H2,1H3/t11-,12-,13+,14-,16-/m1/s1. The summed E-state index contributed by atoms with van der Waals surface area (Å²) in [7, 11) is 1.36. The minimum atomic E-state index is -1.54. The number of aliphatic hydroxyl groups is 4. The third kappa shape index (κ3) is 3.32. The van der Waals surface area contributed by atoms with Gasteiger partial charge in [-0.05, 0) is 18.2 Å². The van der Waals surface area contributed by atoms with Gasteiger partial charge in [0.1, 0.15) is 35.7 Å². The van der Waals surface area contributed by atoms with E-state index in [-0.39, 0.29) is 17.1 Å². The van der Waals surface area contributed by atoms with Crippen LogP contribution in [0.1, 0.15) is 0 Å². The highest BCUT2D eigenvalue weighted by Gasteiger charge is 2.44. The van der Waals surface area contributed by atoms with Crippen molar-refractivity contribution in [2.24, 2.45) is 0 Å². The van der Waals surface area contributed by atoms with E-state index in [2.05, 4.69) is 0 Å². The lowest BCUT2D eigenvalue weighted by Crippen LogP contribution is -2.60. The Morgan fingerprint density at radius 2 is 1.88 bits per heavy atom. The van der Waals surface area contributed by atoms with Crippen LogP contribution in [0.4, 0.5) is 0 Å². The second-order valence-corrected chi connectivity index (χ2v) is 5.62. The van der Waals surface area contributed by atoms with E-state index >= 15 is 0 Å². The summed E-state index contributed by atoms with van der Waals surface area (Å²) in [5.41, 5.74) is -0.423. The van der Waals surface area contributed by atoms with Gasteiger partial charge in [-0.25, -0.2) is 4.79 Å². The summed E-state index contributed by atoms with van der Waals surface area (Å²) in [5.74, 6) is 0.264. The molecule has 136 valence electrons. The fourth-order valence-corrected chi connectivity index (χ4v) is 2.59. The molecule has 0 aliphatic carbocycles. The summed E-state index contributed by atoms with van der Waals surface area (Å²) >= 11 is 0. The van der Waals surface area contributed by atoms with Gasteiger partial charge in [-0.3, -0.25) is 0 Å². The largest absolute Gasteiger partial charge is 0.490 e. The second kappa shape index (κ2) is 6.98. The number of rotatable bonds is 4. The normalized spacial score (nSPS) is 29.6. The zero-order valence-corrected chi connectivity index (χ0v) is 13.2. The maximum Gasteiger partial charge on any atom is 0.379 e. The molecule has 1 saturated heterocycles. The number of ether oxygens (including phenoxy) is 3. The number of hydrogen-bond acceptors (Lipinski definition) is 9. The number of hydrogen-bond donors (Lipinski definition) is 4. The zero-order valence-electron chi connectivity index (χ0n) is 13.2. The van der Waals surface area contributed by atoms with Crippen LogP contribution in [0.25, 0.3) is 11.0 Å². The summed E-state index contributed by atoms with van der Waals surface area (Å²) < 4.78 is 20.8. The van der Waals surface area contributed by atoms with Crippen LogP contribution in [0.3, 0.4) is 0 Å². The van der Waals surface area contributed by atoms with Gasteiger partial charge in [-0.1, -0.05) is 0 Å². The lowest BCUT2D eigenvalue weighted by Gasteiger charge is -2.39. The van der Waals surface area contributed by atoms with Crippen LogP contribution in [0.2, 0.25) is 0 Å². The van der Waals surface area contributed by atoms with Crippen LogP contribution in [-0.2, 0) is 4.74 Å². The lowest BCUT2D eigenvalue weighted by molar-refractivity contribution is -0.277. The van der Waals surface area contributed by atoms with Gasteiger partial charge in [-0.15, -0.1) is 0 Å². The topological polar surface area (TPSA) is 139 Å². The number of methoxy groups -OCH3 is 1. The predicted octanol–water partition coefficient (Wildman–Crippen LogP) is -1.02. The van der Waals surface area contributed by atoms with Crippen molar-refractivity contribution in [2.75, 3.05) is 13.7 Å². The molecule has 25 heavy (non-hydrogen) atoms. The quantitative estimate of drug-likeness (QED) is 0.508. The molecule has 0 amide bonds. The molecule has 1 aromatic heterocycles. The van der Waals surface area contributed by atoms with E-state index in [0.29, 0.717) is 5.39 Å². The van der Waals surface area contributed by atoms with Crippen LogP contribution >= 0.6 is 0 Å². The minimum absolute atomic E-state index is 0.0649. The molecule has 1 aromatic carbocycles. The van der Waals surface area contributed by atoms with E-state index in [0.717, 1.165) is 0 Å². The van der Waals surface area contributed by atoms with Crippen LogP contribution in [-0.4, -0.2) is 64.8 Å². The smallest absolute Gasteiger partial charge is 0.379 e. The molecular formula is C16H18O9. The van der Waals surface area contributed by atoms with Gasteiger partial charge < -0.3 is 39.1 Å². The average molecular weight is 354 g/mol. The molecule has 3 rings (SSSR count). The molecular weight excluding hydrogens is 336 g/mol. The van der Waals surface area contributed by atoms with Crippen LogP contribution in [0.5, 0.6) is 11.5 Å². The van der Waals surface area contributed by atoms with Gasteiger partial charge in [0, 0.05) is 11.5 Å². The maximum absolute atomic E-state index is 11.7. The average Bonchev–Trinajstić information content (AvgIpc) is 2.61. The summed E-state index contributed by atoms with van der Waals surface area (Å²) in [6.45, 7) is -0.558. The van der Waals surface area contributed by atoms with Gasteiger partial charge in [0.2, 0.25) is 12.0 Å². The Morgan fingerprint density at radius 1 is 1.12 bits per heavy atom. The van der Waals surface area contributed by atoms with Crippen molar-refractivity contribution in [1.82, 2.24) is 0 Å². The van der Waals surface area contributed by atoms with Crippen molar-refractivity contribution in [1.29, 1.82) is 0 Å². The molecule has 0 bridgehead atoms. The molecule has 1 fully saturated rings. The van der Waals surface area contributed by atoms with E-state index in [1.807, 2.05) is 0 Å². The van der Waals surface area contributed by atoms with Gasteiger partial charge in [0.25, 0.3) is 0 Å². The number of benzene rings is 1. The maximum atomic E-state index is 11.7. The Balaban J connectivity index is 1.86. The van der Waals surface area contributed by atoms with Crippen molar-refractivity contribution < 1.29 is 39.1 Å². The van der Waals surface area contributed by atoms with Gasteiger partial charge >= 0.3 is 5.63 Å². The van der Waals surface area contributed by atoms with Crippen LogP contribution < -0.4 is 15.1 Å². The molecule has 4 N–H and O–H groups in total. The van der Waals surface area contributed by atoms with Crippen molar-refractivity contribution in [2.45, 2.75) is 30.7 Å². The van der Waals surface area contributed by atoms with Crippen LogP contribution in [0.15, 0.2) is 33.5 Å². The minimum Gasteiger partial charge on any atom is -0.490 e. The molecule has 0 unspecified atom stereocenters. The van der Waals surface area contributed by atoms with Gasteiger partial charge in [-0.2, -0.15) is 0 Å². The van der Waals surface area contributed by atoms with Crippen LogP contribution in [0, 0.1) is 0 Å². The summed E-state index contributed by atoms with van der Waals surface area (Å²) in [5, 5.41) is 39.3. The predicted molar refractivity (Wildman–Crippen MR) is 83.4 cm³/mol. The summed E-state index contributed by atoms with van der Waals surface area (Å²) in [6, 6.07) is 6.08. The summed E-state index contributed by atoms with van der Waals surface area (Å²) in [6.07, 6.45) is -6.94. The molecule has 0 spiro atoms. The molecule has 2 heterocycles. The third-order valence-electron chi connectivity index (χ3n) is 4.00. The number of fused-ring (bicyclic) bond motifs is 1. The molecule has 0 saturated carbocycles. The van der Waals surface area contributed by atoms with E-state index in [9.17, 15) is 25.2 Å². The van der Waals surface area contributed by atoms with Crippen molar-refractivity contribution in [3.63, 3.8) is 0 Å². The fraction of sp³-hybridized carbons (Fsp3) is 0.438. The van der Waals surface area contributed by atoms with Crippen molar-refractivity contribution in [3.05, 3.63) is 34.7 Å². The molecule has 9 heteroatoms. The summed E-state index contributed by atoms with van der Waals surface area (Å²) in [4.78, 5) is 11.7. The SMILES string of the molecule is COc1cc2ccc(O[C@@H]3O[C@H](CO)[C@@H](O)[C@H](O)[C@H]3O)cc2oc1=O. The Labute approximate surface area is 141 Å². The monoisotopic (exact) mass is 354 g/mol. The molecule has 1 aliphatic rings. The molecule has 1 aliphatic heterocycles. The van der Waals surface area contributed by atoms with E-state index in [1.165, 1.54) is 19.2 Å². The Hall–Kier alpha value is -2.17. The number of aliphatic hydroxyl groups excluding tert-OH is 4. The van der Waals surface area contributed by atoms with Gasteiger partial charge in [0.05, 0.1) is 13.7 Å². The second-order valence-electron chi connectivity index (χ2n) is 5.62. The third-order valence-corrected chi connectivity index (χ3v) is 4.00. The highest BCUT2D eigenvalue weighted by Crippen LogP contribution is 2.27. The first kappa shape index (κ1) is 17.6. The molecule has 0 radical (unpaired) electrons. The first-order valence-electron chi connectivity index (χ1n) is 7.53. The van der Waals surface area contributed by atoms with E-state index < -0.39 is 42.9 Å². The first-order valence-corrected chi connectivity index (χ1v) is 7.53. The fourth-order valence-electron chi connectivity index (χ4n) is 2.59. The molecule has 9 nitrogen and oxygen atoms in total. The van der Waals surface area contributed by atoms with Crippen molar-refractivity contribution in [3.8, 4) is 11.5 Å². The molecule has 5 atom stereocenters. The Morgan fingerprint density at radius 3 is 2.56 bits per heavy atom. The van der Waals surface area contributed by atoms with Crippen molar-refractivity contribution >= 4 is 11.0 Å². The lowest BCUT2D eigenvalue weighted by atomic mass is 9.99.